The number of rotatable bonds is 9. The fraction of sp³-hybridized carbons (Fsp3) is 0.304. The van der Waals surface area contributed by atoms with E-state index >= 15 is 0 Å². The molecule has 0 spiro atoms. The van der Waals surface area contributed by atoms with Crippen molar-refractivity contribution < 1.29 is 13.2 Å². The number of aryl methyl sites for hydroxylation is 1. The van der Waals surface area contributed by atoms with E-state index in [9.17, 15) is 13.2 Å². The lowest BCUT2D eigenvalue weighted by Crippen LogP contribution is -2.24. The van der Waals surface area contributed by atoms with Gasteiger partial charge in [-0.15, -0.1) is 6.42 Å². The molecule has 0 saturated heterocycles. The van der Waals surface area contributed by atoms with Gasteiger partial charge in [-0.1, -0.05) is 25.0 Å². The minimum Gasteiger partial charge on any atom is -0.377 e. The molecule has 1 heterocycles. The number of hydrogen-bond donors (Lipinski definition) is 2. The Morgan fingerprint density at radius 1 is 1.22 bits per heavy atom. The minimum atomic E-state index is -3.55. The summed E-state index contributed by atoms with van der Waals surface area (Å²) in [5.74, 6) is 2.88. The van der Waals surface area contributed by atoms with Gasteiger partial charge >= 0.3 is 0 Å². The molecule has 1 aromatic heterocycles. The molecule has 0 atom stereocenters. The molecule has 0 bridgehead atoms. The smallest absolute Gasteiger partial charge is 0.254 e. The quantitative estimate of drug-likeness (QED) is 0.486. The van der Waals surface area contributed by atoms with Gasteiger partial charge in [0.15, 0.2) is 0 Å². The van der Waals surface area contributed by atoms with Crippen molar-refractivity contribution in [3.05, 3.63) is 53.9 Å². The van der Waals surface area contributed by atoms with Crippen LogP contribution in [0.2, 0.25) is 0 Å². The first-order valence-corrected chi connectivity index (χ1v) is 11.7. The molecule has 8 nitrogen and oxygen atoms in total. The van der Waals surface area contributed by atoms with Crippen molar-refractivity contribution >= 4 is 32.7 Å². The van der Waals surface area contributed by atoms with Gasteiger partial charge in [-0.3, -0.25) is 4.79 Å². The largest absolute Gasteiger partial charge is 0.377 e. The first kappa shape index (κ1) is 23.3. The number of terminal acetylenes is 1. The second-order valence-corrected chi connectivity index (χ2v) is 9.56. The van der Waals surface area contributed by atoms with E-state index in [1.807, 2.05) is 12.1 Å². The van der Waals surface area contributed by atoms with Crippen LogP contribution in [0, 0.1) is 12.3 Å². The average molecular weight is 454 g/mol. The van der Waals surface area contributed by atoms with E-state index < -0.39 is 10.0 Å². The molecule has 3 aromatic rings. The summed E-state index contributed by atoms with van der Waals surface area (Å²) in [4.78, 5) is 17.3. The standard InChI is InChI=1S/C23H27N5O3S/c1-5-13-24-23(29)18-9-7-8-10-19(18)25-16-22-26-20-15-17(32(30,31)27(3)4)11-12-21(20)28(22)14-6-2/h1,7-12,15,25H,6,13-14,16H2,2-4H3,(H,24,29). The molecule has 0 radical (unpaired) electrons. The summed E-state index contributed by atoms with van der Waals surface area (Å²) in [5, 5.41) is 5.96. The Morgan fingerprint density at radius 2 is 1.97 bits per heavy atom. The Hall–Kier alpha value is -3.35. The van der Waals surface area contributed by atoms with Gasteiger partial charge in [-0.05, 0) is 36.8 Å². The summed E-state index contributed by atoms with van der Waals surface area (Å²) < 4.78 is 28.3. The lowest BCUT2D eigenvalue weighted by molar-refractivity contribution is 0.0959. The molecular formula is C23H27N5O3S. The first-order chi connectivity index (χ1) is 15.3. The summed E-state index contributed by atoms with van der Waals surface area (Å²) >= 11 is 0. The van der Waals surface area contributed by atoms with Crippen LogP contribution in [-0.4, -0.2) is 48.8 Å². The molecule has 0 fully saturated rings. The Kier molecular flexibility index (Phi) is 7.18. The van der Waals surface area contributed by atoms with Crippen LogP contribution >= 0.6 is 0 Å². The van der Waals surface area contributed by atoms with Crippen molar-refractivity contribution in [2.45, 2.75) is 31.3 Å². The molecule has 1 amide bonds. The molecule has 32 heavy (non-hydrogen) atoms. The highest BCUT2D eigenvalue weighted by molar-refractivity contribution is 7.89. The molecule has 2 N–H and O–H groups in total. The predicted octanol–water partition coefficient (Wildman–Crippen LogP) is 2.67. The second kappa shape index (κ2) is 9.85. The third kappa shape index (κ3) is 4.77. The van der Waals surface area contributed by atoms with Crippen LogP contribution in [0.5, 0.6) is 0 Å². The van der Waals surface area contributed by atoms with Crippen LogP contribution in [0.25, 0.3) is 11.0 Å². The van der Waals surface area contributed by atoms with Crippen LogP contribution in [-0.2, 0) is 23.1 Å². The highest BCUT2D eigenvalue weighted by Gasteiger charge is 2.20. The fourth-order valence-electron chi connectivity index (χ4n) is 3.37. The topological polar surface area (TPSA) is 96.3 Å². The van der Waals surface area contributed by atoms with E-state index in [-0.39, 0.29) is 17.3 Å². The van der Waals surface area contributed by atoms with E-state index in [4.69, 9.17) is 11.4 Å². The zero-order valence-electron chi connectivity index (χ0n) is 18.4. The second-order valence-electron chi connectivity index (χ2n) is 7.40. The molecule has 3 rings (SSSR count). The Bertz CT molecular complexity index is 1270. The van der Waals surface area contributed by atoms with Crippen molar-refractivity contribution in [3.63, 3.8) is 0 Å². The van der Waals surface area contributed by atoms with E-state index in [2.05, 4.69) is 28.0 Å². The van der Waals surface area contributed by atoms with Crippen LogP contribution in [0.3, 0.4) is 0 Å². The predicted molar refractivity (Wildman–Crippen MR) is 126 cm³/mol. The van der Waals surface area contributed by atoms with Gasteiger partial charge < -0.3 is 15.2 Å². The third-order valence-electron chi connectivity index (χ3n) is 4.98. The molecule has 9 heteroatoms. The van der Waals surface area contributed by atoms with Crippen LogP contribution in [0.15, 0.2) is 47.4 Å². The van der Waals surface area contributed by atoms with Crippen molar-refractivity contribution in [2.24, 2.45) is 0 Å². The van der Waals surface area contributed by atoms with Gasteiger partial charge in [0.25, 0.3) is 5.91 Å². The monoisotopic (exact) mass is 453 g/mol. The van der Waals surface area contributed by atoms with Gasteiger partial charge in [0.1, 0.15) is 5.82 Å². The molecular weight excluding hydrogens is 426 g/mol. The molecule has 0 aliphatic heterocycles. The van der Waals surface area contributed by atoms with Crippen molar-refractivity contribution in [1.82, 2.24) is 19.2 Å². The molecule has 2 aromatic carbocycles. The zero-order valence-corrected chi connectivity index (χ0v) is 19.2. The zero-order chi connectivity index (χ0) is 23.3. The Morgan fingerprint density at radius 3 is 2.66 bits per heavy atom. The van der Waals surface area contributed by atoms with Crippen LogP contribution in [0.4, 0.5) is 5.69 Å². The molecule has 0 aliphatic carbocycles. The molecule has 0 saturated carbocycles. The number of fused-ring (bicyclic) bond motifs is 1. The summed E-state index contributed by atoms with van der Waals surface area (Å²) in [6.45, 7) is 3.32. The van der Waals surface area contributed by atoms with Crippen molar-refractivity contribution in [2.75, 3.05) is 26.0 Å². The lowest BCUT2D eigenvalue weighted by atomic mass is 10.1. The average Bonchev–Trinajstić information content (AvgIpc) is 3.13. The number of nitrogens with zero attached hydrogens (tertiary/aromatic N) is 3. The van der Waals surface area contributed by atoms with E-state index in [1.165, 1.54) is 18.4 Å². The highest BCUT2D eigenvalue weighted by Crippen LogP contribution is 2.24. The number of imidazole rings is 1. The van der Waals surface area contributed by atoms with Crippen LogP contribution in [0.1, 0.15) is 29.5 Å². The summed E-state index contributed by atoms with van der Waals surface area (Å²) in [6.07, 6.45) is 6.12. The van der Waals surface area contributed by atoms with Gasteiger partial charge in [0, 0.05) is 26.3 Å². The number of benzene rings is 2. The summed E-state index contributed by atoms with van der Waals surface area (Å²) in [6, 6.07) is 12.2. The maximum atomic E-state index is 12.5. The number of nitrogens with one attached hydrogen (secondary N) is 2. The highest BCUT2D eigenvalue weighted by atomic mass is 32.2. The number of carbonyl (C=O) groups is 1. The normalized spacial score (nSPS) is 11.5. The number of para-hydroxylation sites is 1. The first-order valence-electron chi connectivity index (χ1n) is 10.3. The van der Waals surface area contributed by atoms with E-state index in [1.54, 1.807) is 30.3 Å². The third-order valence-corrected chi connectivity index (χ3v) is 6.80. The van der Waals surface area contributed by atoms with Crippen LogP contribution < -0.4 is 10.6 Å². The van der Waals surface area contributed by atoms with Gasteiger partial charge in [0.05, 0.1) is 34.6 Å². The SMILES string of the molecule is C#CCNC(=O)c1ccccc1NCc1nc2cc(S(=O)(=O)N(C)C)ccc2n1CCC. The van der Waals surface area contributed by atoms with Gasteiger partial charge in [-0.2, -0.15) is 0 Å². The summed E-state index contributed by atoms with van der Waals surface area (Å²) in [5.41, 5.74) is 2.62. The number of carbonyl (C=O) groups excluding carboxylic acids is 1. The number of sulfonamides is 1. The lowest BCUT2D eigenvalue weighted by Gasteiger charge is -2.13. The molecule has 0 aliphatic rings. The number of hydrogen-bond acceptors (Lipinski definition) is 5. The number of amides is 1. The molecule has 168 valence electrons. The molecule has 0 unspecified atom stereocenters. The Balaban J connectivity index is 1.94. The van der Waals surface area contributed by atoms with E-state index in [0.29, 0.717) is 23.3 Å². The fourth-order valence-corrected chi connectivity index (χ4v) is 4.30. The minimum absolute atomic E-state index is 0.150. The van der Waals surface area contributed by atoms with Gasteiger partial charge in [0.2, 0.25) is 10.0 Å². The van der Waals surface area contributed by atoms with Crippen molar-refractivity contribution in [1.29, 1.82) is 0 Å². The Labute approximate surface area is 188 Å². The summed E-state index contributed by atoms with van der Waals surface area (Å²) in [7, 11) is -0.549. The van der Waals surface area contributed by atoms with Gasteiger partial charge in [-0.25, -0.2) is 17.7 Å². The van der Waals surface area contributed by atoms with Crippen molar-refractivity contribution in [3.8, 4) is 12.3 Å². The number of aromatic nitrogens is 2. The maximum absolute atomic E-state index is 12.5. The number of anilines is 1. The maximum Gasteiger partial charge on any atom is 0.254 e. The van der Waals surface area contributed by atoms with E-state index in [0.717, 1.165) is 24.3 Å².